The number of nitrogens with zero attached hydrogens (tertiary/aromatic N) is 2. The van der Waals surface area contributed by atoms with Crippen molar-refractivity contribution in [2.75, 3.05) is 27.2 Å². The van der Waals surface area contributed by atoms with Crippen molar-refractivity contribution in [1.82, 2.24) is 14.6 Å². The van der Waals surface area contributed by atoms with Gasteiger partial charge in [-0.05, 0) is 38.6 Å². The molecule has 0 unspecified atom stereocenters. The van der Waals surface area contributed by atoms with E-state index in [4.69, 9.17) is 0 Å². The number of aromatic nitrogens is 1. The van der Waals surface area contributed by atoms with E-state index in [1.54, 1.807) is 6.07 Å². The first kappa shape index (κ1) is 11.1. The number of carbonyl (C=O) groups excluding carboxylic acids is 1. The number of hydrogen-bond donors (Lipinski definition) is 1. The van der Waals surface area contributed by atoms with Crippen molar-refractivity contribution in [3.63, 3.8) is 0 Å². The summed E-state index contributed by atoms with van der Waals surface area (Å²) in [5.41, 5.74) is 0.520. The molecule has 14 heavy (non-hydrogen) atoms. The maximum atomic E-state index is 11.5. The van der Waals surface area contributed by atoms with Crippen LogP contribution in [0.3, 0.4) is 0 Å². The van der Waals surface area contributed by atoms with Crippen LogP contribution in [0.15, 0.2) is 6.07 Å². The molecular formula is C9H15N3OS. The Bertz CT molecular complexity index is 309. The number of likely N-dealkylation sites (N-methyl/N-ethyl adjacent to an activating group) is 1. The third kappa shape index (κ3) is 3.43. The van der Waals surface area contributed by atoms with Crippen molar-refractivity contribution < 1.29 is 4.79 Å². The summed E-state index contributed by atoms with van der Waals surface area (Å²) in [6.45, 7) is 3.44. The van der Waals surface area contributed by atoms with Crippen LogP contribution < -0.4 is 5.32 Å². The fourth-order valence-corrected chi connectivity index (χ4v) is 1.50. The van der Waals surface area contributed by atoms with Gasteiger partial charge in [-0.1, -0.05) is 0 Å². The van der Waals surface area contributed by atoms with Gasteiger partial charge in [-0.15, -0.1) is 0 Å². The highest BCUT2D eigenvalue weighted by molar-refractivity contribution is 7.05. The Morgan fingerprint density at radius 1 is 1.64 bits per heavy atom. The Labute approximate surface area is 88.1 Å². The second kappa shape index (κ2) is 5.07. The lowest BCUT2D eigenvalue weighted by molar-refractivity contribution is 0.0947. The fraction of sp³-hybridized carbons (Fsp3) is 0.556. The van der Waals surface area contributed by atoms with Crippen LogP contribution in [0, 0.1) is 6.92 Å². The third-order valence-electron chi connectivity index (χ3n) is 1.71. The van der Waals surface area contributed by atoms with Crippen molar-refractivity contribution >= 4 is 17.4 Å². The van der Waals surface area contributed by atoms with Crippen LogP contribution in [-0.4, -0.2) is 42.4 Å². The van der Waals surface area contributed by atoms with E-state index in [2.05, 4.69) is 9.69 Å². The van der Waals surface area contributed by atoms with Crippen LogP contribution in [0.5, 0.6) is 0 Å². The fourth-order valence-electron chi connectivity index (χ4n) is 0.957. The van der Waals surface area contributed by atoms with Gasteiger partial charge in [0.25, 0.3) is 5.91 Å². The number of nitrogens with one attached hydrogen (secondary N) is 1. The summed E-state index contributed by atoms with van der Waals surface area (Å²) in [4.78, 5) is 14.5. The first-order valence-corrected chi connectivity index (χ1v) is 5.23. The monoisotopic (exact) mass is 213 g/mol. The van der Waals surface area contributed by atoms with E-state index in [9.17, 15) is 4.79 Å². The highest BCUT2D eigenvalue weighted by Crippen LogP contribution is 2.07. The van der Waals surface area contributed by atoms with Crippen LogP contribution in [0.1, 0.15) is 15.4 Å². The van der Waals surface area contributed by atoms with Gasteiger partial charge < -0.3 is 10.2 Å². The van der Waals surface area contributed by atoms with Crippen molar-refractivity contribution in [3.8, 4) is 0 Å². The van der Waals surface area contributed by atoms with Gasteiger partial charge in [0.15, 0.2) is 0 Å². The van der Waals surface area contributed by atoms with Crippen molar-refractivity contribution in [2.45, 2.75) is 6.92 Å². The molecule has 1 aromatic rings. The molecule has 1 heterocycles. The van der Waals surface area contributed by atoms with Crippen LogP contribution in [0.2, 0.25) is 0 Å². The molecule has 1 rings (SSSR count). The molecule has 0 atom stereocenters. The summed E-state index contributed by atoms with van der Waals surface area (Å²) in [5, 5.41) is 2.81. The van der Waals surface area contributed by atoms with Gasteiger partial charge in [-0.25, -0.2) is 0 Å². The van der Waals surface area contributed by atoms with E-state index in [0.29, 0.717) is 12.2 Å². The lowest BCUT2D eigenvalue weighted by Crippen LogP contribution is -2.31. The molecule has 1 amide bonds. The summed E-state index contributed by atoms with van der Waals surface area (Å²) in [7, 11) is 3.94. The molecular weight excluding hydrogens is 198 g/mol. The van der Waals surface area contributed by atoms with Gasteiger partial charge >= 0.3 is 0 Å². The minimum atomic E-state index is -0.0869. The number of rotatable bonds is 4. The van der Waals surface area contributed by atoms with Crippen LogP contribution in [-0.2, 0) is 0 Å². The maximum absolute atomic E-state index is 11.5. The molecule has 78 valence electrons. The Balaban J connectivity index is 2.36. The molecule has 0 saturated carbocycles. The molecule has 0 spiro atoms. The van der Waals surface area contributed by atoms with Gasteiger partial charge in [-0.3, -0.25) is 4.79 Å². The zero-order valence-corrected chi connectivity index (χ0v) is 9.52. The van der Waals surface area contributed by atoms with Gasteiger partial charge in [0.1, 0.15) is 5.69 Å². The van der Waals surface area contributed by atoms with Crippen molar-refractivity contribution in [2.24, 2.45) is 0 Å². The standard InChI is InChI=1S/C9H15N3OS/c1-7-6-8(11-14-7)9(13)10-4-5-12(2)3/h6H,4-5H2,1-3H3,(H,10,13). The predicted octanol–water partition coefficient (Wildman–Crippen LogP) is 0.743. The number of amides is 1. The zero-order chi connectivity index (χ0) is 10.6. The average Bonchev–Trinajstić information content (AvgIpc) is 2.51. The number of carbonyl (C=O) groups is 1. The largest absolute Gasteiger partial charge is 0.349 e. The summed E-state index contributed by atoms with van der Waals surface area (Å²) < 4.78 is 4.03. The van der Waals surface area contributed by atoms with E-state index in [1.165, 1.54) is 11.5 Å². The summed E-state index contributed by atoms with van der Waals surface area (Å²) in [6.07, 6.45) is 0. The van der Waals surface area contributed by atoms with Crippen LogP contribution in [0.25, 0.3) is 0 Å². The van der Waals surface area contributed by atoms with E-state index in [-0.39, 0.29) is 5.91 Å². The first-order chi connectivity index (χ1) is 6.59. The molecule has 4 nitrogen and oxygen atoms in total. The topological polar surface area (TPSA) is 45.2 Å². The van der Waals surface area contributed by atoms with Gasteiger partial charge in [-0.2, -0.15) is 4.37 Å². The van der Waals surface area contributed by atoms with E-state index in [1.807, 2.05) is 25.9 Å². The predicted molar refractivity (Wildman–Crippen MR) is 57.7 cm³/mol. The van der Waals surface area contributed by atoms with Crippen molar-refractivity contribution in [3.05, 3.63) is 16.6 Å². The smallest absolute Gasteiger partial charge is 0.271 e. The molecule has 1 aromatic heterocycles. The highest BCUT2D eigenvalue weighted by atomic mass is 32.1. The molecule has 0 aliphatic heterocycles. The van der Waals surface area contributed by atoms with Gasteiger partial charge in [0, 0.05) is 18.0 Å². The molecule has 0 bridgehead atoms. The summed E-state index contributed by atoms with van der Waals surface area (Å²) in [5.74, 6) is -0.0869. The SMILES string of the molecule is Cc1cc(C(=O)NCCN(C)C)ns1. The normalized spacial score (nSPS) is 10.6. The first-order valence-electron chi connectivity index (χ1n) is 4.46. The van der Waals surface area contributed by atoms with E-state index in [0.717, 1.165) is 11.4 Å². The molecule has 0 aliphatic carbocycles. The molecule has 0 aromatic carbocycles. The van der Waals surface area contributed by atoms with Crippen molar-refractivity contribution in [1.29, 1.82) is 0 Å². The van der Waals surface area contributed by atoms with E-state index >= 15 is 0 Å². The molecule has 5 heteroatoms. The van der Waals surface area contributed by atoms with Gasteiger partial charge in [0.2, 0.25) is 0 Å². The molecule has 0 fully saturated rings. The second-order valence-corrected chi connectivity index (χ2v) is 4.39. The zero-order valence-electron chi connectivity index (χ0n) is 8.70. The average molecular weight is 213 g/mol. The lowest BCUT2D eigenvalue weighted by Gasteiger charge is -2.09. The quantitative estimate of drug-likeness (QED) is 0.802. The van der Waals surface area contributed by atoms with E-state index < -0.39 is 0 Å². The Morgan fingerprint density at radius 3 is 2.86 bits per heavy atom. The number of hydrogen-bond acceptors (Lipinski definition) is 4. The van der Waals surface area contributed by atoms with Crippen LogP contribution in [0.4, 0.5) is 0 Å². The highest BCUT2D eigenvalue weighted by Gasteiger charge is 2.07. The minimum Gasteiger partial charge on any atom is -0.349 e. The number of aryl methyl sites for hydroxylation is 1. The Morgan fingerprint density at radius 2 is 2.36 bits per heavy atom. The molecule has 0 aliphatic rings. The van der Waals surface area contributed by atoms with Crippen LogP contribution >= 0.6 is 11.5 Å². The molecule has 0 radical (unpaired) electrons. The molecule has 1 N–H and O–H groups in total. The Kier molecular flexibility index (Phi) is 4.03. The van der Waals surface area contributed by atoms with Gasteiger partial charge in [0.05, 0.1) is 0 Å². The summed E-state index contributed by atoms with van der Waals surface area (Å²) in [6, 6.07) is 1.80. The summed E-state index contributed by atoms with van der Waals surface area (Å²) >= 11 is 1.35. The lowest BCUT2D eigenvalue weighted by atomic mass is 10.3. The molecule has 0 saturated heterocycles. The maximum Gasteiger partial charge on any atom is 0.271 e. The Hall–Kier alpha value is -0.940. The third-order valence-corrected chi connectivity index (χ3v) is 2.40. The minimum absolute atomic E-state index is 0.0869. The second-order valence-electron chi connectivity index (χ2n) is 3.38.